The Labute approximate surface area is 242 Å². The van der Waals surface area contributed by atoms with Gasteiger partial charge < -0.3 is 11.1 Å². The number of benzene rings is 2. The van der Waals surface area contributed by atoms with Gasteiger partial charge in [0, 0.05) is 16.1 Å². The summed E-state index contributed by atoms with van der Waals surface area (Å²) in [6.07, 6.45) is 4.08. The number of fused-ring (bicyclic) bond motifs is 3. The maximum absolute atomic E-state index is 14.0. The molecule has 4 aromatic rings. The second-order valence-electron chi connectivity index (χ2n) is 11.0. The minimum atomic E-state index is -0.522. The molecule has 0 radical (unpaired) electrons. The van der Waals surface area contributed by atoms with Crippen molar-refractivity contribution < 1.29 is 9.59 Å². The number of hydrogen-bond donors (Lipinski definition) is 2. The van der Waals surface area contributed by atoms with E-state index in [1.165, 1.54) is 16.6 Å². The molecule has 1 atom stereocenters. The molecule has 2 heterocycles. The van der Waals surface area contributed by atoms with Gasteiger partial charge in [0.05, 0.1) is 17.7 Å². The molecule has 3 N–H and O–H groups in total. The summed E-state index contributed by atoms with van der Waals surface area (Å²) in [6.45, 7) is 7.32. The van der Waals surface area contributed by atoms with Gasteiger partial charge in [0.15, 0.2) is 5.16 Å². The van der Waals surface area contributed by atoms with Crippen LogP contribution in [0.3, 0.4) is 0 Å². The molecule has 0 aliphatic heterocycles. The molecule has 2 aromatic carbocycles. The van der Waals surface area contributed by atoms with Crippen LogP contribution in [0.2, 0.25) is 0 Å². The first-order valence-electron chi connectivity index (χ1n) is 13.6. The highest BCUT2D eigenvalue weighted by molar-refractivity contribution is 7.99. The molecule has 0 spiro atoms. The van der Waals surface area contributed by atoms with E-state index in [1.54, 1.807) is 40.2 Å². The predicted molar refractivity (Wildman–Crippen MR) is 163 cm³/mol. The number of rotatable bonds is 9. The largest absolute Gasteiger partial charge is 0.366 e. The Balaban J connectivity index is 1.44. The standard InChI is InChI=1S/C31H34N4O3S2/c1-4-31(2,3)21-12-15-23-24(16-21)40-28-26(23)29(38)35(17-19-8-6-5-7-9-19)30(34-28)39-18-25(36)33-22-13-10-20(11-14-22)27(32)37/h5-11,13-14,21H,4,12,15-18H2,1-3H3,(H2,32,37)(H,33,36). The predicted octanol–water partition coefficient (Wildman–Crippen LogP) is 5.88. The molecule has 0 saturated carbocycles. The van der Waals surface area contributed by atoms with E-state index in [4.69, 9.17) is 10.7 Å². The highest BCUT2D eigenvalue weighted by atomic mass is 32.2. The van der Waals surface area contributed by atoms with Crippen molar-refractivity contribution in [3.63, 3.8) is 0 Å². The lowest BCUT2D eigenvalue weighted by molar-refractivity contribution is -0.113. The Morgan fingerprint density at radius 1 is 1.15 bits per heavy atom. The monoisotopic (exact) mass is 574 g/mol. The maximum atomic E-state index is 14.0. The van der Waals surface area contributed by atoms with Gasteiger partial charge in [-0.2, -0.15) is 0 Å². The fourth-order valence-corrected chi connectivity index (χ4v) is 7.40. The van der Waals surface area contributed by atoms with Crippen LogP contribution in [0, 0.1) is 11.3 Å². The maximum Gasteiger partial charge on any atom is 0.263 e. The van der Waals surface area contributed by atoms with Crippen molar-refractivity contribution >= 4 is 50.8 Å². The summed E-state index contributed by atoms with van der Waals surface area (Å²) in [5.74, 6) is -0.0832. The Kier molecular flexibility index (Phi) is 8.14. The van der Waals surface area contributed by atoms with Crippen molar-refractivity contribution in [2.24, 2.45) is 17.1 Å². The smallest absolute Gasteiger partial charge is 0.263 e. The van der Waals surface area contributed by atoms with Crippen molar-refractivity contribution in [1.29, 1.82) is 0 Å². The number of aryl methyl sites for hydroxylation is 1. The number of aromatic nitrogens is 2. The average Bonchev–Trinajstić information content (AvgIpc) is 3.32. The zero-order valence-electron chi connectivity index (χ0n) is 23.0. The van der Waals surface area contributed by atoms with E-state index < -0.39 is 5.91 Å². The number of thioether (sulfide) groups is 1. The van der Waals surface area contributed by atoms with Gasteiger partial charge in [-0.05, 0) is 66.0 Å². The van der Waals surface area contributed by atoms with Gasteiger partial charge in [-0.25, -0.2) is 4.98 Å². The fourth-order valence-electron chi connectivity index (χ4n) is 5.26. The minimum Gasteiger partial charge on any atom is -0.366 e. The molecule has 2 aromatic heterocycles. The van der Waals surface area contributed by atoms with Gasteiger partial charge in [0.2, 0.25) is 11.8 Å². The van der Waals surface area contributed by atoms with Crippen LogP contribution in [0.4, 0.5) is 5.69 Å². The molecule has 0 fully saturated rings. The molecule has 208 valence electrons. The van der Waals surface area contributed by atoms with E-state index in [9.17, 15) is 14.4 Å². The van der Waals surface area contributed by atoms with Crippen molar-refractivity contribution in [2.45, 2.75) is 58.2 Å². The SMILES string of the molecule is CCC(C)(C)C1CCc2c(sc3nc(SCC(=O)Nc4ccc(C(N)=O)cc4)n(Cc4ccccc4)c(=O)c23)C1. The number of nitrogens with zero attached hydrogens (tertiary/aromatic N) is 2. The summed E-state index contributed by atoms with van der Waals surface area (Å²) >= 11 is 2.90. The Morgan fingerprint density at radius 2 is 1.88 bits per heavy atom. The average molecular weight is 575 g/mol. The number of nitrogens with one attached hydrogen (secondary N) is 1. The highest BCUT2D eigenvalue weighted by Gasteiger charge is 2.34. The van der Waals surface area contributed by atoms with Crippen molar-refractivity contribution in [3.8, 4) is 0 Å². The van der Waals surface area contributed by atoms with Crippen LogP contribution in [-0.4, -0.2) is 27.1 Å². The van der Waals surface area contributed by atoms with E-state index in [2.05, 4.69) is 26.1 Å². The van der Waals surface area contributed by atoms with Gasteiger partial charge in [-0.15, -0.1) is 11.3 Å². The number of primary amides is 1. The van der Waals surface area contributed by atoms with E-state index >= 15 is 0 Å². The number of anilines is 1. The third-order valence-electron chi connectivity index (χ3n) is 8.12. The summed E-state index contributed by atoms with van der Waals surface area (Å²) in [7, 11) is 0. The summed E-state index contributed by atoms with van der Waals surface area (Å²) < 4.78 is 1.71. The van der Waals surface area contributed by atoms with Crippen molar-refractivity contribution in [1.82, 2.24) is 9.55 Å². The van der Waals surface area contributed by atoms with Gasteiger partial charge in [0.25, 0.3) is 5.56 Å². The van der Waals surface area contributed by atoms with Crippen LogP contribution in [0.1, 0.15) is 60.0 Å². The van der Waals surface area contributed by atoms with Crippen molar-refractivity contribution in [3.05, 3.63) is 86.5 Å². The van der Waals surface area contributed by atoms with E-state index in [-0.39, 0.29) is 22.6 Å². The summed E-state index contributed by atoms with van der Waals surface area (Å²) in [6, 6.07) is 16.3. The normalized spacial score (nSPS) is 15.1. The second-order valence-corrected chi connectivity index (χ2v) is 13.0. The van der Waals surface area contributed by atoms with Crippen molar-refractivity contribution in [2.75, 3.05) is 11.1 Å². The summed E-state index contributed by atoms with van der Waals surface area (Å²) in [4.78, 5) is 45.2. The van der Waals surface area contributed by atoms with E-state index in [0.717, 1.165) is 47.0 Å². The van der Waals surface area contributed by atoms with Gasteiger partial charge >= 0.3 is 0 Å². The molecule has 1 unspecified atom stereocenters. The Hall–Kier alpha value is -3.43. The summed E-state index contributed by atoms with van der Waals surface area (Å²) in [5.41, 5.74) is 8.62. The zero-order chi connectivity index (χ0) is 28.4. The molecular weight excluding hydrogens is 541 g/mol. The molecule has 40 heavy (non-hydrogen) atoms. The number of amides is 2. The molecule has 9 heteroatoms. The minimum absolute atomic E-state index is 0.0375. The van der Waals surface area contributed by atoms with Crippen LogP contribution in [0.15, 0.2) is 64.5 Å². The number of thiophene rings is 1. The molecule has 1 aliphatic rings. The first-order chi connectivity index (χ1) is 19.2. The molecular formula is C31H34N4O3S2. The lowest BCUT2D eigenvalue weighted by Crippen LogP contribution is -2.29. The third-order valence-corrected chi connectivity index (χ3v) is 10.2. The van der Waals surface area contributed by atoms with Crippen LogP contribution in [-0.2, 0) is 24.2 Å². The quantitative estimate of drug-likeness (QED) is 0.192. The first-order valence-corrected chi connectivity index (χ1v) is 15.4. The van der Waals surface area contributed by atoms with Crippen LogP contribution in [0.5, 0.6) is 0 Å². The highest BCUT2D eigenvalue weighted by Crippen LogP contribution is 2.44. The van der Waals surface area contributed by atoms with Gasteiger partial charge in [-0.1, -0.05) is 69.3 Å². The Bertz CT molecular complexity index is 1610. The lowest BCUT2D eigenvalue weighted by atomic mass is 9.70. The first kappa shape index (κ1) is 28.1. The molecule has 2 amide bonds. The topological polar surface area (TPSA) is 107 Å². The lowest BCUT2D eigenvalue weighted by Gasteiger charge is -2.36. The Morgan fingerprint density at radius 3 is 2.55 bits per heavy atom. The number of carbonyl (C=O) groups is 2. The van der Waals surface area contributed by atoms with E-state index in [0.29, 0.717) is 28.9 Å². The zero-order valence-corrected chi connectivity index (χ0v) is 24.7. The van der Waals surface area contributed by atoms with Crippen LogP contribution >= 0.6 is 23.1 Å². The number of carbonyl (C=O) groups excluding carboxylic acids is 2. The van der Waals surface area contributed by atoms with Gasteiger partial charge in [-0.3, -0.25) is 19.0 Å². The molecule has 0 bridgehead atoms. The second kappa shape index (κ2) is 11.6. The van der Waals surface area contributed by atoms with E-state index in [1.807, 2.05) is 30.3 Å². The van der Waals surface area contributed by atoms with Crippen LogP contribution < -0.4 is 16.6 Å². The fraction of sp³-hybridized carbons (Fsp3) is 0.355. The van der Waals surface area contributed by atoms with Crippen LogP contribution in [0.25, 0.3) is 10.2 Å². The molecule has 7 nitrogen and oxygen atoms in total. The number of nitrogens with two attached hydrogens (primary N) is 1. The molecule has 1 aliphatic carbocycles. The molecule has 0 saturated heterocycles. The van der Waals surface area contributed by atoms with Gasteiger partial charge in [0.1, 0.15) is 4.83 Å². The number of hydrogen-bond acceptors (Lipinski definition) is 6. The summed E-state index contributed by atoms with van der Waals surface area (Å²) in [5, 5.41) is 4.11. The molecule has 5 rings (SSSR count). The third kappa shape index (κ3) is 5.86.